The lowest BCUT2D eigenvalue weighted by molar-refractivity contribution is 0.0679. The second-order valence-electron chi connectivity index (χ2n) is 7.18. The van der Waals surface area contributed by atoms with Crippen molar-refractivity contribution in [2.45, 2.75) is 38.3 Å². The van der Waals surface area contributed by atoms with E-state index in [9.17, 15) is 0 Å². The lowest BCUT2D eigenvalue weighted by Gasteiger charge is -2.41. The van der Waals surface area contributed by atoms with E-state index >= 15 is 0 Å². The Bertz CT molecular complexity index is 478. The lowest BCUT2D eigenvalue weighted by Crippen LogP contribution is -2.51. The molecule has 21 heavy (non-hydrogen) atoms. The fourth-order valence-corrected chi connectivity index (χ4v) is 5.02. The molecule has 1 aromatic rings. The number of benzene rings is 1. The van der Waals surface area contributed by atoms with Crippen LogP contribution < -0.4 is 0 Å². The Morgan fingerprint density at radius 3 is 2.33 bits per heavy atom. The van der Waals surface area contributed by atoms with E-state index in [1.54, 1.807) is 0 Å². The second-order valence-corrected chi connectivity index (χ2v) is 8.10. The van der Waals surface area contributed by atoms with Crippen LogP contribution in [-0.2, 0) is 6.54 Å². The third-order valence-electron chi connectivity index (χ3n) is 5.90. The summed E-state index contributed by atoms with van der Waals surface area (Å²) in [4.78, 5) is 5.43. The Morgan fingerprint density at radius 1 is 0.952 bits per heavy atom. The van der Waals surface area contributed by atoms with Crippen LogP contribution in [0, 0.1) is 11.8 Å². The van der Waals surface area contributed by atoms with Crippen molar-refractivity contribution in [1.82, 2.24) is 9.80 Å². The zero-order chi connectivity index (χ0) is 14.2. The maximum atomic E-state index is 3.51. The summed E-state index contributed by atoms with van der Waals surface area (Å²) in [5.41, 5.74) is 1.44. The summed E-state index contributed by atoms with van der Waals surface area (Å²) in [6.07, 6.45) is 6.06. The van der Waals surface area contributed by atoms with Crippen molar-refractivity contribution in [3.05, 3.63) is 34.3 Å². The standard InChI is InChI=1S/C18H25BrN2/c19-17-5-2-14(3-6-17)13-20-7-9-21(10-8-20)18-12-15-1-4-16(18)11-15/h2-3,5-6,15-16,18H,1,4,7-13H2/t15-,16+,18-/m1/s1. The van der Waals surface area contributed by atoms with Crippen molar-refractivity contribution in [3.63, 3.8) is 0 Å². The minimum Gasteiger partial charge on any atom is -0.298 e. The van der Waals surface area contributed by atoms with Crippen molar-refractivity contribution < 1.29 is 0 Å². The van der Waals surface area contributed by atoms with Gasteiger partial charge in [0.1, 0.15) is 0 Å². The highest BCUT2D eigenvalue weighted by Crippen LogP contribution is 2.46. The van der Waals surface area contributed by atoms with Crippen LogP contribution >= 0.6 is 15.9 Å². The first kappa shape index (κ1) is 14.2. The zero-order valence-corrected chi connectivity index (χ0v) is 14.3. The summed E-state index contributed by atoms with van der Waals surface area (Å²) in [5, 5.41) is 0. The summed E-state index contributed by atoms with van der Waals surface area (Å²) in [6, 6.07) is 9.72. The Labute approximate surface area is 136 Å². The first-order chi connectivity index (χ1) is 10.3. The van der Waals surface area contributed by atoms with Gasteiger partial charge in [0.25, 0.3) is 0 Å². The van der Waals surface area contributed by atoms with Gasteiger partial charge in [-0.15, -0.1) is 0 Å². The summed E-state index contributed by atoms with van der Waals surface area (Å²) in [6.45, 7) is 6.15. The minimum absolute atomic E-state index is 0.929. The predicted octanol–water partition coefficient (Wildman–Crippen LogP) is 3.76. The molecule has 2 saturated carbocycles. The second kappa shape index (κ2) is 6.02. The highest BCUT2D eigenvalue weighted by Gasteiger charge is 2.42. The molecule has 1 saturated heterocycles. The monoisotopic (exact) mass is 348 g/mol. The van der Waals surface area contributed by atoms with Gasteiger partial charge in [0.05, 0.1) is 0 Å². The molecule has 0 spiro atoms. The van der Waals surface area contributed by atoms with E-state index in [2.05, 4.69) is 50.0 Å². The van der Waals surface area contributed by atoms with Crippen LogP contribution in [0.5, 0.6) is 0 Å². The number of rotatable bonds is 3. The van der Waals surface area contributed by atoms with E-state index in [0.29, 0.717) is 0 Å². The smallest absolute Gasteiger partial charge is 0.0234 e. The molecule has 0 N–H and O–H groups in total. The molecule has 2 nitrogen and oxygen atoms in total. The molecule has 1 heterocycles. The number of halogens is 1. The Hall–Kier alpha value is -0.380. The number of nitrogens with zero attached hydrogens (tertiary/aromatic N) is 2. The summed E-state index contributed by atoms with van der Waals surface area (Å²) >= 11 is 3.51. The number of hydrogen-bond donors (Lipinski definition) is 0. The molecule has 0 aromatic heterocycles. The number of fused-ring (bicyclic) bond motifs is 2. The van der Waals surface area contributed by atoms with E-state index in [1.807, 2.05) is 0 Å². The molecular formula is C18H25BrN2. The highest BCUT2D eigenvalue weighted by atomic mass is 79.9. The third kappa shape index (κ3) is 3.06. The average Bonchev–Trinajstić information content (AvgIpc) is 3.13. The van der Waals surface area contributed by atoms with Crippen LogP contribution in [0.3, 0.4) is 0 Å². The van der Waals surface area contributed by atoms with Crippen molar-refractivity contribution >= 4 is 15.9 Å². The SMILES string of the molecule is Brc1ccc(CN2CCN([C@@H]3C[C@@H]4CC[C@H]3C4)CC2)cc1. The molecule has 3 atom stereocenters. The molecule has 2 aliphatic carbocycles. The molecule has 0 amide bonds. The molecule has 4 rings (SSSR count). The average molecular weight is 349 g/mol. The molecule has 0 unspecified atom stereocenters. The van der Waals surface area contributed by atoms with Crippen LogP contribution in [0.25, 0.3) is 0 Å². The van der Waals surface area contributed by atoms with Gasteiger partial charge in [-0.2, -0.15) is 0 Å². The van der Waals surface area contributed by atoms with Gasteiger partial charge in [-0.3, -0.25) is 9.80 Å². The van der Waals surface area contributed by atoms with Crippen LogP contribution in [0.1, 0.15) is 31.2 Å². The third-order valence-corrected chi connectivity index (χ3v) is 6.42. The molecular weight excluding hydrogens is 324 g/mol. The van der Waals surface area contributed by atoms with E-state index in [1.165, 1.54) is 61.9 Å². The summed E-state index contributed by atoms with van der Waals surface area (Å²) in [5.74, 6) is 2.11. The fraction of sp³-hybridized carbons (Fsp3) is 0.667. The minimum atomic E-state index is 0.929. The van der Waals surface area contributed by atoms with Gasteiger partial charge in [0.2, 0.25) is 0 Å². The van der Waals surface area contributed by atoms with Gasteiger partial charge in [0, 0.05) is 43.2 Å². The molecule has 2 bridgehead atoms. The maximum absolute atomic E-state index is 3.51. The molecule has 3 heteroatoms. The quantitative estimate of drug-likeness (QED) is 0.820. The van der Waals surface area contributed by atoms with Gasteiger partial charge in [-0.1, -0.05) is 34.5 Å². The van der Waals surface area contributed by atoms with E-state index < -0.39 is 0 Å². The Balaban J connectivity index is 1.29. The van der Waals surface area contributed by atoms with Crippen molar-refractivity contribution in [1.29, 1.82) is 0 Å². The van der Waals surface area contributed by atoms with Gasteiger partial charge >= 0.3 is 0 Å². The van der Waals surface area contributed by atoms with E-state index in [-0.39, 0.29) is 0 Å². The first-order valence-electron chi connectivity index (χ1n) is 8.49. The molecule has 3 fully saturated rings. The number of hydrogen-bond acceptors (Lipinski definition) is 2. The molecule has 3 aliphatic rings. The first-order valence-corrected chi connectivity index (χ1v) is 9.28. The van der Waals surface area contributed by atoms with E-state index in [0.717, 1.165) is 24.4 Å². The normalized spacial score (nSPS) is 33.7. The summed E-state index contributed by atoms with van der Waals surface area (Å²) < 4.78 is 1.17. The maximum Gasteiger partial charge on any atom is 0.0234 e. The summed E-state index contributed by atoms with van der Waals surface area (Å²) in [7, 11) is 0. The zero-order valence-electron chi connectivity index (χ0n) is 12.7. The van der Waals surface area contributed by atoms with Crippen LogP contribution in [0.2, 0.25) is 0 Å². The van der Waals surface area contributed by atoms with Gasteiger partial charge < -0.3 is 0 Å². The van der Waals surface area contributed by atoms with Crippen molar-refractivity contribution in [2.75, 3.05) is 26.2 Å². The fourth-order valence-electron chi connectivity index (χ4n) is 4.76. The predicted molar refractivity (Wildman–Crippen MR) is 90.2 cm³/mol. The van der Waals surface area contributed by atoms with Crippen LogP contribution in [0.15, 0.2) is 28.7 Å². The Kier molecular flexibility index (Phi) is 4.08. The Morgan fingerprint density at radius 2 is 1.71 bits per heavy atom. The van der Waals surface area contributed by atoms with Crippen molar-refractivity contribution in [2.24, 2.45) is 11.8 Å². The van der Waals surface area contributed by atoms with Crippen molar-refractivity contribution in [3.8, 4) is 0 Å². The van der Waals surface area contributed by atoms with Crippen LogP contribution in [0.4, 0.5) is 0 Å². The highest BCUT2D eigenvalue weighted by molar-refractivity contribution is 9.10. The topological polar surface area (TPSA) is 6.48 Å². The van der Waals surface area contributed by atoms with E-state index in [4.69, 9.17) is 0 Å². The molecule has 0 radical (unpaired) electrons. The molecule has 1 aromatic carbocycles. The van der Waals surface area contributed by atoms with Gasteiger partial charge in [-0.05, 0) is 48.8 Å². The largest absolute Gasteiger partial charge is 0.298 e. The molecule has 1 aliphatic heterocycles. The number of piperazine rings is 1. The van der Waals surface area contributed by atoms with Gasteiger partial charge in [0.15, 0.2) is 0 Å². The molecule has 114 valence electrons. The van der Waals surface area contributed by atoms with Crippen LogP contribution in [-0.4, -0.2) is 42.0 Å². The lowest BCUT2D eigenvalue weighted by atomic mass is 9.93. The van der Waals surface area contributed by atoms with Gasteiger partial charge in [-0.25, -0.2) is 0 Å².